The van der Waals surface area contributed by atoms with Crippen LogP contribution in [0.4, 0.5) is 16.2 Å². The lowest BCUT2D eigenvalue weighted by Gasteiger charge is -2.16. The van der Waals surface area contributed by atoms with Crippen molar-refractivity contribution in [3.05, 3.63) is 65.4 Å². The third kappa shape index (κ3) is 3.46. The number of rotatable bonds is 4. The van der Waals surface area contributed by atoms with Crippen LogP contribution in [-0.4, -0.2) is 45.5 Å². The smallest absolute Gasteiger partial charge is 0.329 e. The zero-order chi connectivity index (χ0) is 21.5. The number of sulfonamides is 1. The van der Waals surface area contributed by atoms with Crippen molar-refractivity contribution in [1.82, 2.24) is 10.0 Å². The number of hydrogen-bond donors (Lipinski definition) is 3. The first kappa shape index (κ1) is 19.8. The summed E-state index contributed by atoms with van der Waals surface area (Å²) < 4.78 is 24.5. The molecule has 2 aliphatic heterocycles. The fourth-order valence-corrected chi connectivity index (χ4v) is 3.91. The minimum atomic E-state index is -3.39. The highest BCUT2D eigenvalue weighted by atomic mass is 32.2. The van der Waals surface area contributed by atoms with Gasteiger partial charge >= 0.3 is 6.03 Å². The Labute approximate surface area is 172 Å². The number of allylic oxidation sites excluding steroid dienone is 1. The lowest BCUT2D eigenvalue weighted by atomic mass is 10.0. The molecule has 0 aromatic heterocycles. The Balaban J connectivity index is 1.64. The molecule has 0 saturated carbocycles. The first-order chi connectivity index (χ1) is 14.3. The Bertz CT molecular complexity index is 1220. The number of para-hydroxylation sites is 2. The van der Waals surface area contributed by atoms with Crippen molar-refractivity contribution in [2.24, 2.45) is 0 Å². The molecule has 0 aliphatic carbocycles. The molecule has 0 atom stereocenters. The van der Waals surface area contributed by atoms with E-state index in [9.17, 15) is 22.8 Å². The number of carbonyl (C=O) groups excluding carboxylic acids is 3. The van der Waals surface area contributed by atoms with Gasteiger partial charge in [-0.1, -0.05) is 30.3 Å². The SMILES string of the molecule is CS(=O)(=O)NCCNC(=O)N1C(=O)/C(=C2\Nc3ccccc3C2=O)c2ccccc21. The summed E-state index contributed by atoms with van der Waals surface area (Å²) in [7, 11) is -3.39. The van der Waals surface area contributed by atoms with Crippen molar-refractivity contribution in [2.75, 3.05) is 29.6 Å². The number of nitrogens with one attached hydrogen (secondary N) is 3. The summed E-state index contributed by atoms with van der Waals surface area (Å²) in [6, 6.07) is 12.9. The number of hydrogen-bond acceptors (Lipinski definition) is 6. The highest BCUT2D eigenvalue weighted by Crippen LogP contribution is 2.41. The largest absolute Gasteiger partial charge is 0.351 e. The molecule has 0 bridgehead atoms. The van der Waals surface area contributed by atoms with E-state index in [-0.39, 0.29) is 30.1 Å². The van der Waals surface area contributed by atoms with Crippen LogP contribution in [0, 0.1) is 0 Å². The molecule has 154 valence electrons. The van der Waals surface area contributed by atoms with Crippen LogP contribution in [-0.2, 0) is 14.8 Å². The van der Waals surface area contributed by atoms with Crippen LogP contribution in [0.25, 0.3) is 5.57 Å². The fourth-order valence-electron chi connectivity index (χ4n) is 3.44. The zero-order valence-corrected chi connectivity index (χ0v) is 16.7. The van der Waals surface area contributed by atoms with E-state index in [0.29, 0.717) is 22.5 Å². The summed E-state index contributed by atoms with van der Waals surface area (Å²) in [6.07, 6.45) is 1.01. The summed E-state index contributed by atoms with van der Waals surface area (Å²) in [6.45, 7) is -0.0239. The van der Waals surface area contributed by atoms with Gasteiger partial charge in [-0.05, 0) is 18.2 Å². The molecule has 2 aromatic carbocycles. The van der Waals surface area contributed by atoms with E-state index in [1.54, 1.807) is 48.5 Å². The molecule has 0 fully saturated rings. The highest BCUT2D eigenvalue weighted by Gasteiger charge is 2.41. The topological polar surface area (TPSA) is 125 Å². The number of Topliss-reactive ketones (excluding diaryl/α,β-unsaturated/α-hetero) is 1. The number of fused-ring (bicyclic) bond motifs is 2. The van der Waals surface area contributed by atoms with Crippen LogP contribution in [0.3, 0.4) is 0 Å². The summed E-state index contributed by atoms with van der Waals surface area (Å²) in [5.41, 5.74) is 2.13. The molecular formula is C20H18N4O5S. The molecule has 3 N–H and O–H groups in total. The molecule has 30 heavy (non-hydrogen) atoms. The summed E-state index contributed by atoms with van der Waals surface area (Å²) in [4.78, 5) is 39.7. The number of imide groups is 1. The number of urea groups is 1. The lowest BCUT2D eigenvalue weighted by molar-refractivity contribution is -0.112. The van der Waals surface area contributed by atoms with Crippen molar-refractivity contribution in [2.45, 2.75) is 0 Å². The predicted molar refractivity (Wildman–Crippen MR) is 111 cm³/mol. The minimum absolute atomic E-state index is 0.00756. The molecule has 9 nitrogen and oxygen atoms in total. The molecule has 0 spiro atoms. The normalized spacial score (nSPS) is 17.6. The van der Waals surface area contributed by atoms with Gasteiger partial charge in [0.2, 0.25) is 15.8 Å². The van der Waals surface area contributed by atoms with Crippen molar-refractivity contribution >= 4 is 44.7 Å². The van der Waals surface area contributed by atoms with Crippen LogP contribution >= 0.6 is 0 Å². The molecule has 0 radical (unpaired) electrons. The van der Waals surface area contributed by atoms with E-state index in [0.717, 1.165) is 11.2 Å². The third-order valence-electron chi connectivity index (χ3n) is 4.71. The van der Waals surface area contributed by atoms with Gasteiger partial charge in [0.05, 0.1) is 17.5 Å². The number of carbonyl (C=O) groups is 3. The van der Waals surface area contributed by atoms with Crippen molar-refractivity contribution in [1.29, 1.82) is 0 Å². The van der Waals surface area contributed by atoms with Crippen molar-refractivity contribution < 1.29 is 22.8 Å². The Hall–Kier alpha value is -3.50. The summed E-state index contributed by atoms with van der Waals surface area (Å²) in [5.74, 6) is -0.947. The van der Waals surface area contributed by atoms with E-state index in [2.05, 4.69) is 15.4 Å². The molecule has 2 aromatic rings. The molecular weight excluding hydrogens is 408 g/mol. The van der Waals surface area contributed by atoms with Gasteiger partial charge in [0.15, 0.2) is 0 Å². The van der Waals surface area contributed by atoms with E-state index in [1.165, 1.54) is 0 Å². The van der Waals surface area contributed by atoms with Crippen molar-refractivity contribution in [3.8, 4) is 0 Å². The quantitative estimate of drug-likeness (QED) is 0.500. The highest BCUT2D eigenvalue weighted by molar-refractivity contribution is 7.88. The van der Waals surface area contributed by atoms with Crippen LogP contribution < -0.4 is 20.3 Å². The molecule has 10 heteroatoms. The molecule has 0 unspecified atom stereocenters. The molecule has 2 aliphatic rings. The van der Waals surface area contributed by atoms with E-state index in [4.69, 9.17) is 0 Å². The van der Waals surface area contributed by atoms with Gasteiger partial charge in [-0.3, -0.25) is 9.59 Å². The predicted octanol–water partition coefficient (Wildman–Crippen LogP) is 1.31. The van der Waals surface area contributed by atoms with E-state index in [1.807, 2.05) is 0 Å². The Morgan fingerprint density at radius 2 is 1.67 bits per heavy atom. The maximum absolute atomic E-state index is 13.2. The number of amides is 3. The number of anilines is 2. The van der Waals surface area contributed by atoms with Gasteiger partial charge in [0.25, 0.3) is 5.91 Å². The van der Waals surface area contributed by atoms with Crippen LogP contribution in [0.2, 0.25) is 0 Å². The summed E-state index contributed by atoms with van der Waals surface area (Å²) >= 11 is 0. The monoisotopic (exact) mass is 426 g/mol. The molecule has 3 amide bonds. The first-order valence-electron chi connectivity index (χ1n) is 9.09. The Kier molecular flexibility index (Phi) is 4.88. The average molecular weight is 426 g/mol. The standard InChI is InChI=1S/C20H18N4O5S/c1-30(28,29)22-11-10-21-20(27)24-15-9-5-3-7-13(15)16(19(24)26)17-18(25)12-6-2-4-8-14(12)23-17/h2-9,22-23H,10-11H2,1H3,(H,21,27)/b17-16-. The summed E-state index contributed by atoms with van der Waals surface area (Å²) in [5, 5.41) is 5.52. The van der Waals surface area contributed by atoms with Gasteiger partial charge in [-0.15, -0.1) is 0 Å². The second kappa shape index (κ2) is 7.39. The maximum Gasteiger partial charge on any atom is 0.329 e. The number of nitrogens with zero attached hydrogens (tertiary/aromatic N) is 1. The van der Waals surface area contributed by atoms with Gasteiger partial charge < -0.3 is 10.6 Å². The second-order valence-corrected chi connectivity index (χ2v) is 8.64. The van der Waals surface area contributed by atoms with Crippen LogP contribution in [0.5, 0.6) is 0 Å². The zero-order valence-electron chi connectivity index (χ0n) is 15.9. The number of benzene rings is 2. The lowest BCUT2D eigenvalue weighted by Crippen LogP contribution is -2.44. The number of ketones is 1. The van der Waals surface area contributed by atoms with Gasteiger partial charge in [-0.2, -0.15) is 0 Å². The van der Waals surface area contributed by atoms with Gasteiger partial charge in [0, 0.05) is 29.9 Å². The van der Waals surface area contributed by atoms with Crippen molar-refractivity contribution in [3.63, 3.8) is 0 Å². The van der Waals surface area contributed by atoms with Crippen LogP contribution in [0.1, 0.15) is 15.9 Å². The average Bonchev–Trinajstić information content (AvgIpc) is 3.18. The van der Waals surface area contributed by atoms with E-state index >= 15 is 0 Å². The molecule has 2 heterocycles. The Morgan fingerprint density at radius 3 is 2.37 bits per heavy atom. The minimum Gasteiger partial charge on any atom is -0.351 e. The third-order valence-corrected chi connectivity index (χ3v) is 5.44. The van der Waals surface area contributed by atoms with Gasteiger partial charge in [-0.25, -0.2) is 22.8 Å². The van der Waals surface area contributed by atoms with Crippen LogP contribution in [0.15, 0.2) is 54.2 Å². The first-order valence-corrected chi connectivity index (χ1v) is 11.0. The molecule has 0 saturated heterocycles. The fraction of sp³-hybridized carbons (Fsp3) is 0.150. The van der Waals surface area contributed by atoms with E-state index < -0.39 is 22.0 Å². The molecule has 4 rings (SSSR count). The maximum atomic E-state index is 13.2. The Morgan fingerprint density at radius 1 is 1.00 bits per heavy atom. The van der Waals surface area contributed by atoms with Gasteiger partial charge in [0.1, 0.15) is 5.70 Å². The second-order valence-electron chi connectivity index (χ2n) is 6.81.